The van der Waals surface area contributed by atoms with Gasteiger partial charge >= 0.3 is 0 Å². The summed E-state index contributed by atoms with van der Waals surface area (Å²) in [4.78, 5) is 7.00. The minimum Gasteiger partial charge on any atom is -0.466 e. The van der Waals surface area contributed by atoms with Gasteiger partial charge in [-0.15, -0.1) is 0 Å². The number of benzene rings is 1. The number of guanidine groups is 1. The monoisotopic (exact) mass is 369 g/mol. The van der Waals surface area contributed by atoms with E-state index in [-0.39, 0.29) is 6.54 Å². The van der Waals surface area contributed by atoms with Crippen LogP contribution in [0.25, 0.3) is 0 Å². The zero-order valence-corrected chi connectivity index (χ0v) is 16.4. The highest BCUT2D eigenvalue weighted by atomic mass is 16.4. The Bertz CT molecular complexity index is 702. The van der Waals surface area contributed by atoms with Crippen LogP contribution in [0.4, 0.5) is 0 Å². The van der Waals surface area contributed by atoms with E-state index in [9.17, 15) is 5.11 Å². The van der Waals surface area contributed by atoms with Gasteiger partial charge in [-0.3, -0.25) is 0 Å². The maximum absolute atomic E-state index is 10.6. The van der Waals surface area contributed by atoms with Gasteiger partial charge in [0.05, 0.1) is 12.8 Å². The van der Waals surface area contributed by atoms with E-state index in [0.29, 0.717) is 5.76 Å². The molecule has 0 saturated carbocycles. The van der Waals surface area contributed by atoms with Gasteiger partial charge in [-0.05, 0) is 56.7 Å². The molecular weight excluding hydrogens is 338 g/mol. The van der Waals surface area contributed by atoms with Crippen LogP contribution in [0.3, 0.4) is 0 Å². The molecule has 1 fully saturated rings. The van der Waals surface area contributed by atoms with Gasteiger partial charge in [0.2, 0.25) is 0 Å². The molecule has 0 radical (unpaired) electrons. The molecular formula is C22H31N3O2. The fraction of sp³-hybridized carbons (Fsp3) is 0.500. The Morgan fingerprint density at radius 2 is 1.96 bits per heavy atom. The molecule has 1 aromatic heterocycles. The van der Waals surface area contributed by atoms with Crippen molar-refractivity contribution >= 4 is 5.96 Å². The molecule has 5 nitrogen and oxygen atoms in total. The first-order chi connectivity index (χ1) is 13.1. The van der Waals surface area contributed by atoms with Gasteiger partial charge in [-0.1, -0.05) is 30.3 Å². The number of rotatable bonds is 6. The average Bonchev–Trinajstić information content (AvgIpc) is 3.23. The number of likely N-dealkylation sites (tertiary alicyclic amines) is 1. The summed E-state index contributed by atoms with van der Waals surface area (Å²) >= 11 is 0. The molecule has 2 aromatic rings. The lowest BCUT2D eigenvalue weighted by atomic mass is 9.90. The van der Waals surface area contributed by atoms with Crippen molar-refractivity contribution in [2.45, 2.75) is 38.7 Å². The fourth-order valence-corrected chi connectivity index (χ4v) is 3.61. The predicted octanol–water partition coefficient (Wildman–Crippen LogP) is 3.41. The summed E-state index contributed by atoms with van der Waals surface area (Å²) in [5, 5.41) is 14.0. The number of aliphatic imine (C=N–C) groups is 1. The molecule has 3 rings (SSSR count). The van der Waals surface area contributed by atoms with E-state index >= 15 is 0 Å². The van der Waals surface area contributed by atoms with Crippen molar-refractivity contribution in [1.82, 2.24) is 10.2 Å². The van der Waals surface area contributed by atoms with Crippen molar-refractivity contribution in [2.75, 3.05) is 26.2 Å². The van der Waals surface area contributed by atoms with Gasteiger partial charge in [-0.25, -0.2) is 4.99 Å². The normalized spacial score (nSPS) is 18.3. The van der Waals surface area contributed by atoms with Crippen LogP contribution in [0.2, 0.25) is 0 Å². The van der Waals surface area contributed by atoms with Crippen molar-refractivity contribution < 1.29 is 9.52 Å². The van der Waals surface area contributed by atoms with Crippen LogP contribution in [-0.4, -0.2) is 42.1 Å². The van der Waals surface area contributed by atoms with E-state index in [4.69, 9.17) is 9.41 Å². The Morgan fingerprint density at radius 3 is 2.59 bits per heavy atom. The molecule has 1 aliphatic rings. The van der Waals surface area contributed by atoms with Gasteiger partial charge in [-0.2, -0.15) is 0 Å². The maximum atomic E-state index is 10.6. The SMILES string of the molecule is CCNC(=NCC(C)(O)c1ccco1)N1CCC(Cc2ccccc2)CC1. The predicted molar refractivity (Wildman–Crippen MR) is 109 cm³/mol. The third kappa shape index (κ3) is 5.36. The van der Waals surface area contributed by atoms with Crippen LogP contribution in [-0.2, 0) is 12.0 Å². The Balaban J connectivity index is 1.57. The number of nitrogens with zero attached hydrogens (tertiary/aromatic N) is 2. The molecule has 1 saturated heterocycles. The minimum atomic E-state index is -1.10. The van der Waals surface area contributed by atoms with Crippen molar-refractivity contribution in [3.63, 3.8) is 0 Å². The Labute approximate surface area is 162 Å². The summed E-state index contributed by atoms with van der Waals surface area (Å²) in [6.07, 6.45) is 5.05. The van der Waals surface area contributed by atoms with E-state index in [1.165, 1.54) is 5.56 Å². The Kier molecular flexibility index (Phi) is 6.56. The molecule has 2 N–H and O–H groups in total. The fourth-order valence-electron chi connectivity index (χ4n) is 3.61. The van der Waals surface area contributed by atoms with Crippen LogP contribution in [0, 0.1) is 5.92 Å². The summed E-state index contributed by atoms with van der Waals surface area (Å²) in [6, 6.07) is 14.3. The molecule has 5 heteroatoms. The summed E-state index contributed by atoms with van der Waals surface area (Å²) in [5.74, 6) is 2.14. The smallest absolute Gasteiger partial charge is 0.194 e. The van der Waals surface area contributed by atoms with Crippen LogP contribution in [0.15, 0.2) is 58.1 Å². The number of hydrogen-bond acceptors (Lipinski definition) is 3. The third-order valence-electron chi connectivity index (χ3n) is 5.20. The minimum absolute atomic E-state index is 0.271. The highest BCUT2D eigenvalue weighted by Gasteiger charge is 2.27. The molecule has 0 aliphatic carbocycles. The number of furan rings is 1. The first-order valence-corrected chi connectivity index (χ1v) is 9.92. The van der Waals surface area contributed by atoms with E-state index in [1.54, 1.807) is 25.3 Å². The van der Waals surface area contributed by atoms with Gasteiger partial charge in [0, 0.05) is 19.6 Å². The first-order valence-electron chi connectivity index (χ1n) is 9.92. The highest BCUT2D eigenvalue weighted by Crippen LogP contribution is 2.23. The second-order valence-electron chi connectivity index (χ2n) is 7.54. The van der Waals surface area contributed by atoms with Gasteiger partial charge in [0.15, 0.2) is 5.96 Å². The molecule has 1 unspecified atom stereocenters. The number of nitrogens with one attached hydrogen (secondary N) is 1. The van der Waals surface area contributed by atoms with Crippen LogP contribution in [0.5, 0.6) is 0 Å². The van der Waals surface area contributed by atoms with E-state index < -0.39 is 5.60 Å². The molecule has 0 amide bonds. The van der Waals surface area contributed by atoms with Crippen molar-refractivity contribution in [1.29, 1.82) is 0 Å². The standard InChI is InChI=1S/C22H31N3O2/c1-3-23-21(24-17-22(2,26)20-10-7-15-27-20)25-13-11-19(12-14-25)16-18-8-5-4-6-9-18/h4-10,15,19,26H,3,11-14,16-17H2,1-2H3,(H,23,24). The molecule has 0 bridgehead atoms. The topological polar surface area (TPSA) is 61.0 Å². The summed E-state index contributed by atoms with van der Waals surface area (Å²) in [7, 11) is 0. The Hall–Kier alpha value is -2.27. The number of piperidine rings is 1. The second-order valence-corrected chi connectivity index (χ2v) is 7.54. The largest absolute Gasteiger partial charge is 0.466 e. The van der Waals surface area contributed by atoms with Gasteiger partial charge < -0.3 is 19.7 Å². The quantitative estimate of drug-likeness (QED) is 0.605. The zero-order valence-electron chi connectivity index (χ0n) is 16.4. The summed E-state index contributed by atoms with van der Waals surface area (Å²) in [6.45, 7) is 6.88. The lowest BCUT2D eigenvalue weighted by molar-refractivity contribution is 0.0433. The molecule has 1 atom stereocenters. The van der Waals surface area contributed by atoms with E-state index in [1.807, 2.05) is 0 Å². The molecule has 2 heterocycles. The molecule has 146 valence electrons. The van der Waals surface area contributed by atoms with Crippen LogP contribution < -0.4 is 5.32 Å². The lowest BCUT2D eigenvalue weighted by Gasteiger charge is -2.34. The van der Waals surface area contributed by atoms with E-state index in [2.05, 4.69) is 47.5 Å². The average molecular weight is 370 g/mol. The first kappa shape index (κ1) is 19.5. The maximum Gasteiger partial charge on any atom is 0.194 e. The third-order valence-corrected chi connectivity index (χ3v) is 5.20. The van der Waals surface area contributed by atoms with Crippen LogP contribution >= 0.6 is 0 Å². The van der Waals surface area contributed by atoms with Crippen molar-refractivity contribution in [2.24, 2.45) is 10.9 Å². The van der Waals surface area contributed by atoms with Crippen LogP contribution in [0.1, 0.15) is 38.0 Å². The molecule has 1 aromatic carbocycles. The zero-order chi connectivity index (χ0) is 19.1. The molecule has 27 heavy (non-hydrogen) atoms. The number of aliphatic hydroxyl groups is 1. The lowest BCUT2D eigenvalue weighted by Crippen LogP contribution is -2.46. The van der Waals surface area contributed by atoms with Gasteiger partial charge in [0.1, 0.15) is 11.4 Å². The van der Waals surface area contributed by atoms with Crippen molar-refractivity contribution in [3.05, 3.63) is 60.1 Å². The van der Waals surface area contributed by atoms with Crippen molar-refractivity contribution in [3.8, 4) is 0 Å². The number of hydrogen-bond donors (Lipinski definition) is 2. The van der Waals surface area contributed by atoms with E-state index in [0.717, 1.165) is 50.8 Å². The molecule has 0 spiro atoms. The van der Waals surface area contributed by atoms with Gasteiger partial charge in [0.25, 0.3) is 0 Å². The highest BCUT2D eigenvalue weighted by molar-refractivity contribution is 5.80. The summed E-state index contributed by atoms with van der Waals surface area (Å²) in [5.41, 5.74) is 0.321. The Morgan fingerprint density at radius 1 is 1.22 bits per heavy atom. The molecule has 1 aliphatic heterocycles. The second kappa shape index (κ2) is 9.09. The summed E-state index contributed by atoms with van der Waals surface area (Å²) < 4.78 is 5.35.